The number of carbonyl (C=O) groups excluding carboxylic acids is 3. The summed E-state index contributed by atoms with van der Waals surface area (Å²) in [6.45, 7) is 0.245. The van der Waals surface area contributed by atoms with Crippen molar-refractivity contribution in [1.29, 1.82) is 5.26 Å². The molecule has 1 aromatic heterocycles. The average Bonchev–Trinajstić information content (AvgIpc) is 3.40. The lowest BCUT2D eigenvalue weighted by Crippen LogP contribution is -2.47. The van der Waals surface area contributed by atoms with E-state index in [1.165, 1.54) is 6.07 Å². The molecule has 1 aliphatic carbocycles. The topological polar surface area (TPSA) is 159 Å². The molecule has 1 fully saturated rings. The molecule has 3 amide bonds. The predicted molar refractivity (Wildman–Crippen MR) is 159 cm³/mol. The van der Waals surface area contributed by atoms with Crippen LogP contribution in [0.4, 0.5) is 11.4 Å². The van der Waals surface area contributed by atoms with Crippen LogP contribution in [0.1, 0.15) is 41.7 Å². The Bertz CT molecular complexity index is 1520. The highest BCUT2D eigenvalue weighted by molar-refractivity contribution is 6.00. The number of carboxylic acid groups (broad SMARTS) is 1. The van der Waals surface area contributed by atoms with Gasteiger partial charge in [-0.1, -0.05) is 12.1 Å². The first-order chi connectivity index (χ1) is 20.0. The third kappa shape index (κ3) is 7.53. The lowest BCUT2D eigenvalue weighted by Gasteiger charge is -2.27. The van der Waals surface area contributed by atoms with Gasteiger partial charge in [-0.05, 0) is 81.7 Å². The summed E-state index contributed by atoms with van der Waals surface area (Å²) in [5.41, 5.74) is 2.55. The molecule has 1 aliphatic rings. The fourth-order valence-electron chi connectivity index (χ4n) is 5.19. The highest BCUT2D eigenvalue weighted by atomic mass is 16.4. The number of fused-ring (bicyclic) bond motifs is 1. The van der Waals surface area contributed by atoms with Gasteiger partial charge in [0.15, 0.2) is 0 Å². The smallest absolute Gasteiger partial charge is 0.352 e. The monoisotopic (exact) mass is 572 g/mol. The second kappa shape index (κ2) is 13.3. The minimum absolute atomic E-state index is 0.0404. The number of aromatic amines is 1. The van der Waals surface area contributed by atoms with Crippen LogP contribution in [0.15, 0.2) is 48.5 Å². The average molecular weight is 573 g/mol. The highest BCUT2D eigenvalue weighted by Gasteiger charge is 2.30. The van der Waals surface area contributed by atoms with Crippen molar-refractivity contribution in [3.05, 3.63) is 59.8 Å². The number of hydrogen-bond donors (Lipinski definition) is 4. The summed E-state index contributed by atoms with van der Waals surface area (Å²) < 4.78 is 0. The van der Waals surface area contributed by atoms with E-state index in [4.69, 9.17) is 0 Å². The van der Waals surface area contributed by atoms with Crippen LogP contribution in [0.2, 0.25) is 0 Å². The van der Waals surface area contributed by atoms with Gasteiger partial charge in [-0.3, -0.25) is 14.4 Å². The molecule has 11 nitrogen and oxygen atoms in total. The van der Waals surface area contributed by atoms with Crippen LogP contribution in [0.3, 0.4) is 0 Å². The van der Waals surface area contributed by atoms with Gasteiger partial charge in [0.1, 0.15) is 11.7 Å². The number of nitrogens with zero attached hydrogens (tertiary/aromatic N) is 3. The summed E-state index contributed by atoms with van der Waals surface area (Å²) in [7, 11) is 5.33. The molecule has 1 heterocycles. The van der Waals surface area contributed by atoms with E-state index in [2.05, 4.69) is 21.7 Å². The number of carbonyl (C=O) groups is 4. The number of amides is 3. The number of aromatic nitrogens is 1. The Labute approximate surface area is 244 Å². The third-order valence-corrected chi connectivity index (χ3v) is 7.60. The van der Waals surface area contributed by atoms with E-state index in [9.17, 15) is 29.5 Å². The summed E-state index contributed by atoms with van der Waals surface area (Å²) in [5.74, 6) is -2.15. The summed E-state index contributed by atoms with van der Waals surface area (Å²) in [6, 6.07) is 15.2. The number of aromatic carboxylic acids is 1. The predicted octanol–water partition coefficient (Wildman–Crippen LogP) is 3.39. The number of carboxylic acids is 1. The maximum atomic E-state index is 13.6. The molecule has 0 bridgehead atoms. The molecule has 3 aromatic rings. The standard InChI is InChI=1S/C31H36N6O5/c1-36(2)18-28(38)37(3)24-6-4-5-20(13-24)14-26(35-29(39)21-9-7-19(17-32)8-10-21)30(40)33-23-11-12-25-22(15-23)16-27(34-25)31(41)42/h4-6,11-13,15-16,19,21,26,34H,7-10,14,18H2,1-3H3,(H,33,40)(H,35,39)(H,41,42). The zero-order chi connectivity index (χ0) is 30.4. The van der Waals surface area contributed by atoms with Crippen molar-refractivity contribution in [3.63, 3.8) is 0 Å². The maximum Gasteiger partial charge on any atom is 0.352 e. The van der Waals surface area contributed by atoms with Crippen molar-refractivity contribution in [2.24, 2.45) is 11.8 Å². The first-order valence-electron chi connectivity index (χ1n) is 13.9. The molecule has 42 heavy (non-hydrogen) atoms. The van der Waals surface area contributed by atoms with Crippen LogP contribution in [-0.2, 0) is 20.8 Å². The minimum Gasteiger partial charge on any atom is -0.477 e. The van der Waals surface area contributed by atoms with Crippen LogP contribution in [0.25, 0.3) is 10.9 Å². The SMILES string of the molecule is CN(C)CC(=O)N(C)c1cccc(CC(NC(=O)C2CCC(C#N)CC2)C(=O)Nc2ccc3[nH]c(C(=O)O)cc3c2)c1. The van der Waals surface area contributed by atoms with E-state index < -0.39 is 17.9 Å². The van der Waals surface area contributed by atoms with Gasteiger partial charge in [-0.2, -0.15) is 5.26 Å². The highest BCUT2D eigenvalue weighted by Crippen LogP contribution is 2.29. The Morgan fingerprint density at radius 3 is 2.45 bits per heavy atom. The van der Waals surface area contributed by atoms with E-state index >= 15 is 0 Å². The Balaban J connectivity index is 1.54. The Morgan fingerprint density at radius 2 is 1.79 bits per heavy atom. The first kappa shape index (κ1) is 30.3. The molecule has 2 aromatic carbocycles. The second-order valence-electron chi connectivity index (χ2n) is 11.1. The number of hydrogen-bond acceptors (Lipinski definition) is 6. The fourth-order valence-corrected chi connectivity index (χ4v) is 5.19. The van der Waals surface area contributed by atoms with Gasteiger partial charge < -0.3 is 30.5 Å². The Hall–Kier alpha value is -4.69. The fraction of sp³-hybridized carbons (Fsp3) is 0.387. The molecular formula is C31H36N6O5. The van der Waals surface area contributed by atoms with Crippen LogP contribution in [-0.4, -0.2) is 72.4 Å². The number of rotatable bonds is 10. The molecule has 0 saturated heterocycles. The van der Waals surface area contributed by atoms with Crippen LogP contribution >= 0.6 is 0 Å². The van der Waals surface area contributed by atoms with E-state index in [-0.39, 0.29) is 42.3 Å². The van der Waals surface area contributed by atoms with Gasteiger partial charge in [-0.25, -0.2) is 4.79 Å². The molecule has 1 unspecified atom stereocenters. The molecule has 0 radical (unpaired) electrons. The molecule has 0 aliphatic heterocycles. The lowest BCUT2D eigenvalue weighted by molar-refractivity contribution is -0.130. The Morgan fingerprint density at radius 1 is 1.05 bits per heavy atom. The number of anilines is 2. The van der Waals surface area contributed by atoms with Crippen molar-refractivity contribution >= 4 is 46.0 Å². The number of likely N-dealkylation sites (N-methyl/N-ethyl adjacent to an activating group) is 2. The largest absolute Gasteiger partial charge is 0.477 e. The Kier molecular flexibility index (Phi) is 9.60. The van der Waals surface area contributed by atoms with Crippen LogP contribution in [0.5, 0.6) is 0 Å². The minimum atomic E-state index is -1.08. The quantitative estimate of drug-likeness (QED) is 0.290. The molecule has 0 spiro atoms. The number of H-pyrrole nitrogens is 1. The van der Waals surface area contributed by atoms with E-state index in [1.807, 2.05) is 38.4 Å². The van der Waals surface area contributed by atoms with Gasteiger partial charge in [-0.15, -0.1) is 0 Å². The van der Waals surface area contributed by atoms with Gasteiger partial charge in [0.2, 0.25) is 17.7 Å². The zero-order valence-corrected chi connectivity index (χ0v) is 24.0. The summed E-state index contributed by atoms with van der Waals surface area (Å²) >= 11 is 0. The third-order valence-electron chi connectivity index (χ3n) is 7.60. The van der Waals surface area contributed by atoms with Crippen molar-refractivity contribution in [3.8, 4) is 6.07 Å². The zero-order valence-electron chi connectivity index (χ0n) is 24.0. The molecule has 11 heteroatoms. The van der Waals surface area contributed by atoms with Gasteiger partial charge in [0.25, 0.3) is 0 Å². The van der Waals surface area contributed by atoms with Gasteiger partial charge in [0, 0.05) is 47.6 Å². The second-order valence-corrected chi connectivity index (χ2v) is 11.1. The molecule has 220 valence electrons. The first-order valence-corrected chi connectivity index (χ1v) is 13.9. The maximum absolute atomic E-state index is 13.6. The van der Waals surface area contributed by atoms with E-state index in [0.29, 0.717) is 48.0 Å². The van der Waals surface area contributed by atoms with Crippen molar-refractivity contribution < 1.29 is 24.3 Å². The van der Waals surface area contributed by atoms with Crippen LogP contribution in [0, 0.1) is 23.2 Å². The van der Waals surface area contributed by atoms with Gasteiger partial charge in [0.05, 0.1) is 12.6 Å². The van der Waals surface area contributed by atoms with E-state index in [0.717, 1.165) is 5.56 Å². The lowest BCUT2D eigenvalue weighted by atomic mass is 9.82. The molecule has 1 atom stereocenters. The molecular weight excluding hydrogens is 536 g/mol. The van der Waals surface area contributed by atoms with Crippen LogP contribution < -0.4 is 15.5 Å². The molecule has 4 N–H and O–H groups in total. The van der Waals surface area contributed by atoms with Crippen molar-refractivity contribution in [1.82, 2.24) is 15.2 Å². The molecule has 1 saturated carbocycles. The van der Waals surface area contributed by atoms with Crippen molar-refractivity contribution in [2.75, 3.05) is 37.9 Å². The normalized spacial score (nSPS) is 17.3. The van der Waals surface area contributed by atoms with E-state index in [1.54, 1.807) is 35.0 Å². The number of nitrogens with one attached hydrogen (secondary N) is 3. The summed E-state index contributed by atoms with van der Waals surface area (Å²) in [4.78, 5) is 57.0. The number of nitriles is 1. The summed E-state index contributed by atoms with van der Waals surface area (Å²) in [5, 5.41) is 24.9. The summed E-state index contributed by atoms with van der Waals surface area (Å²) in [6.07, 6.45) is 2.65. The van der Waals surface area contributed by atoms with Gasteiger partial charge >= 0.3 is 5.97 Å². The molecule has 4 rings (SSSR count). The number of benzene rings is 2. The van der Waals surface area contributed by atoms with Crippen molar-refractivity contribution in [2.45, 2.75) is 38.1 Å².